The van der Waals surface area contributed by atoms with Crippen molar-refractivity contribution in [2.45, 2.75) is 33.1 Å². The summed E-state index contributed by atoms with van der Waals surface area (Å²) in [6.07, 6.45) is 2.82. The highest BCUT2D eigenvalue weighted by atomic mass is 16.5. The third kappa shape index (κ3) is 3.87. The fourth-order valence-electron chi connectivity index (χ4n) is 1.25. The van der Waals surface area contributed by atoms with Crippen LogP contribution in [-0.2, 0) is 12.8 Å². The van der Waals surface area contributed by atoms with Gasteiger partial charge in [0.05, 0.1) is 0 Å². The molecule has 0 saturated heterocycles. The standard InChI is InChI=1S/C10H19N3O/c1-8(2)7-10-12-9(13-14-10)5-4-6-11-3/h8,11H,4-7H2,1-3H3. The molecule has 4 heteroatoms. The Labute approximate surface area is 85.1 Å². The van der Waals surface area contributed by atoms with Gasteiger partial charge in [0.25, 0.3) is 0 Å². The normalized spacial score (nSPS) is 11.1. The summed E-state index contributed by atoms with van der Waals surface area (Å²) in [7, 11) is 1.94. The van der Waals surface area contributed by atoms with E-state index in [-0.39, 0.29) is 0 Å². The predicted molar refractivity (Wildman–Crippen MR) is 55.1 cm³/mol. The van der Waals surface area contributed by atoms with Crippen molar-refractivity contribution in [1.82, 2.24) is 15.5 Å². The maximum Gasteiger partial charge on any atom is 0.226 e. The van der Waals surface area contributed by atoms with Crippen molar-refractivity contribution in [2.75, 3.05) is 13.6 Å². The van der Waals surface area contributed by atoms with E-state index in [9.17, 15) is 0 Å². The van der Waals surface area contributed by atoms with Crippen molar-refractivity contribution in [3.05, 3.63) is 11.7 Å². The Morgan fingerprint density at radius 1 is 1.43 bits per heavy atom. The molecular formula is C10H19N3O. The topological polar surface area (TPSA) is 51.0 Å². The van der Waals surface area contributed by atoms with Crippen molar-refractivity contribution in [3.8, 4) is 0 Å². The van der Waals surface area contributed by atoms with E-state index in [1.54, 1.807) is 0 Å². The lowest BCUT2D eigenvalue weighted by Crippen LogP contribution is -2.08. The molecule has 0 aliphatic carbocycles. The van der Waals surface area contributed by atoms with E-state index in [2.05, 4.69) is 29.3 Å². The summed E-state index contributed by atoms with van der Waals surface area (Å²) in [6, 6.07) is 0. The van der Waals surface area contributed by atoms with Crippen LogP contribution in [0.15, 0.2) is 4.52 Å². The van der Waals surface area contributed by atoms with E-state index in [4.69, 9.17) is 4.52 Å². The molecule has 4 nitrogen and oxygen atoms in total. The number of rotatable bonds is 6. The zero-order chi connectivity index (χ0) is 10.4. The molecule has 0 aliphatic rings. The lowest BCUT2D eigenvalue weighted by molar-refractivity contribution is 0.358. The molecule has 14 heavy (non-hydrogen) atoms. The van der Waals surface area contributed by atoms with Gasteiger partial charge in [0.1, 0.15) is 0 Å². The van der Waals surface area contributed by atoms with Gasteiger partial charge >= 0.3 is 0 Å². The Morgan fingerprint density at radius 3 is 2.86 bits per heavy atom. The van der Waals surface area contributed by atoms with Crippen LogP contribution in [0.5, 0.6) is 0 Å². The summed E-state index contributed by atoms with van der Waals surface area (Å²) >= 11 is 0. The predicted octanol–water partition coefficient (Wildman–Crippen LogP) is 1.42. The summed E-state index contributed by atoms with van der Waals surface area (Å²) in [4.78, 5) is 4.32. The number of nitrogens with one attached hydrogen (secondary N) is 1. The van der Waals surface area contributed by atoms with Crippen LogP contribution < -0.4 is 5.32 Å². The molecule has 0 aliphatic heterocycles. The number of aromatic nitrogens is 2. The van der Waals surface area contributed by atoms with Crippen molar-refractivity contribution in [3.63, 3.8) is 0 Å². The fraction of sp³-hybridized carbons (Fsp3) is 0.800. The summed E-state index contributed by atoms with van der Waals surface area (Å²) in [5.74, 6) is 2.16. The Kier molecular flexibility index (Phi) is 4.59. The molecular weight excluding hydrogens is 178 g/mol. The molecule has 0 amide bonds. The minimum atomic E-state index is 0.570. The van der Waals surface area contributed by atoms with Crippen LogP contribution in [0.2, 0.25) is 0 Å². The van der Waals surface area contributed by atoms with Gasteiger partial charge in [-0.15, -0.1) is 0 Å². The monoisotopic (exact) mass is 197 g/mol. The average Bonchev–Trinajstić information content (AvgIpc) is 2.52. The van der Waals surface area contributed by atoms with Gasteiger partial charge in [0.2, 0.25) is 5.89 Å². The van der Waals surface area contributed by atoms with Crippen LogP contribution in [-0.4, -0.2) is 23.7 Å². The van der Waals surface area contributed by atoms with Gasteiger partial charge in [-0.3, -0.25) is 0 Å². The third-order valence-corrected chi connectivity index (χ3v) is 1.92. The van der Waals surface area contributed by atoms with Gasteiger partial charge in [-0.1, -0.05) is 19.0 Å². The molecule has 1 heterocycles. The van der Waals surface area contributed by atoms with Crippen molar-refractivity contribution < 1.29 is 4.52 Å². The maximum absolute atomic E-state index is 5.12. The number of hydrogen-bond donors (Lipinski definition) is 1. The van der Waals surface area contributed by atoms with Gasteiger partial charge in [0.15, 0.2) is 5.82 Å². The summed E-state index contributed by atoms with van der Waals surface area (Å²) in [6.45, 7) is 5.28. The zero-order valence-electron chi connectivity index (χ0n) is 9.21. The van der Waals surface area contributed by atoms with E-state index in [0.717, 1.165) is 37.5 Å². The second-order valence-electron chi connectivity index (χ2n) is 3.91. The number of hydrogen-bond acceptors (Lipinski definition) is 4. The molecule has 0 fully saturated rings. The molecule has 0 bridgehead atoms. The first-order chi connectivity index (χ1) is 6.72. The van der Waals surface area contributed by atoms with Crippen LogP contribution in [0.25, 0.3) is 0 Å². The van der Waals surface area contributed by atoms with Gasteiger partial charge in [-0.25, -0.2) is 0 Å². The van der Waals surface area contributed by atoms with E-state index in [1.165, 1.54) is 0 Å². The molecule has 0 radical (unpaired) electrons. The molecule has 0 spiro atoms. The van der Waals surface area contributed by atoms with Crippen LogP contribution in [0.1, 0.15) is 32.0 Å². The van der Waals surface area contributed by atoms with Gasteiger partial charge in [-0.05, 0) is 25.9 Å². The second-order valence-corrected chi connectivity index (χ2v) is 3.91. The average molecular weight is 197 g/mol. The zero-order valence-corrected chi connectivity index (χ0v) is 9.21. The quantitative estimate of drug-likeness (QED) is 0.701. The van der Waals surface area contributed by atoms with Gasteiger partial charge in [0, 0.05) is 12.8 Å². The first-order valence-electron chi connectivity index (χ1n) is 5.18. The molecule has 1 rings (SSSR count). The Morgan fingerprint density at radius 2 is 2.21 bits per heavy atom. The Balaban J connectivity index is 2.35. The Hall–Kier alpha value is -0.900. The molecule has 1 aromatic rings. The lowest BCUT2D eigenvalue weighted by Gasteiger charge is -1.96. The van der Waals surface area contributed by atoms with Crippen molar-refractivity contribution in [1.29, 1.82) is 0 Å². The third-order valence-electron chi connectivity index (χ3n) is 1.92. The van der Waals surface area contributed by atoms with E-state index < -0.39 is 0 Å². The number of aryl methyl sites for hydroxylation is 1. The van der Waals surface area contributed by atoms with Crippen LogP contribution in [0, 0.1) is 5.92 Å². The van der Waals surface area contributed by atoms with E-state index in [1.807, 2.05) is 7.05 Å². The largest absolute Gasteiger partial charge is 0.339 e. The van der Waals surface area contributed by atoms with Gasteiger partial charge < -0.3 is 9.84 Å². The molecule has 0 atom stereocenters. The summed E-state index contributed by atoms with van der Waals surface area (Å²) in [5, 5.41) is 7.02. The van der Waals surface area contributed by atoms with Crippen molar-refractivity contribution in [2.24, 2.45) is 5.92 Å². The van der Waals surface area contributed by atoms with Crippen LogP contribution in [0.4, 0.5) is 0 Å². The van der Waals surface area contributed by atoms with Gasteiger partial charge in [-0.2, -0.15) is 4.98 Å². The summed E-state index contributed by atoms with van der Waals surface area (Å²) < 4.78 is 5.12. The number of nitrogens with zero attached hydrogens (tertiary/aromatic N) is 2. The molecule has 0 aromatic carbocycles. The highest BCUT2D eigenvalue weighted by Crippen LogP contribution is 2.06. The molecule has 1 N–H and O–H groups in total. The van der Waals surface area contributed by atoms with Crippen LogP contribution >= 0.6 is 0 Å². The second kappa shape index (κ2) is 5.75. The fourth-order valence-corrected chi connectivity index (χ4v) is 1.25. The molecule has 0 saturated carbocycles. The summed E-state index contributed by atoms with van der Waals surface area (Å²) in [5.41, 5.74) is 0. The minimum absolute atomic E-state index is 0.570. The highest BCUT2D eigenvalue weighted by Gasteiger charge is 2.07. The molecule has 80 valence electrons. The Bertz CT molecular complexity index is 258. The van der Waals surface area contributed by atoms with Crippen LogP contribution in [0.3, 0.4) is 0 Å². The first-order valence-corrected chi connectivity index (χ1v) is 5.18. The lowest BCUT2D eigenvalue weighted by atomic mass is 10.1. The molecule has 0 unspecified atom stereocenters. The molecule has 1 aromatic heterocycles. The van der Waals surface area contributed by atoms with E-state index in [0.29, 0.717) is 5.92 Å². The highest BCUT2D eigenvalue weighted by molar-refractivity contribution is 4.87. The smallest absolute Gasteiger partial charge is 0.226 e. The maximum atomic E-state index is 5.12. The van der Waals surface area contributed by atoms with Crippen molar-refractivity contribution >= 4 is 0 Å². The first kappa shape index (κ1) is 11.2. The van der Waals surface area contributed by atoms with E-state index >= 15 is 0 Å². The SMILES string of the molecule is CNCCCc1noc(CC(C)C)n1. The minimum Gasteiger partial charge on any atom is -0.339 e.